The quantitative estimate of drug-likeness (QED) is 0.606. The normalized spacial score (nSPS) is 45.0. The highest BCUT2D eigenvalue weighted by atomic mass is 16.6. The van der Waals surface area contributed by atoms with E-state index in [9.17, 15) is 0 Å². The van der Waals surface area contributed by atoms with E-state index in [1.807, 2.05) is 6.92 Å². The van der Waals surface area contributed by atoms with Crippen molar-refractivity contribution in [2.75, 3.05) is 6.61 Å². The standard InChI is InChI=1S/C20H32O2/c1-14(13-21)6-5-10-19(3)12-16-15(2)7-8-18-20(4,22-18)11-9-17(16)19/h6,16-18,21H,2,5,7-13H2,1,3-4H3/b14-6+/t16-,17-,18-,19-,20-/m0/s1. The van der Waals surface area contributed by atoms with Crippen molar-refractivity contribution in [3.8, 4) is 0 Å². The number of fused-ring (bicyclic) bond motifs is 2. The summed E-state index contributed by atoms with van der Waals surface area (Å²) in [4.78, 5) is 0. The Bertz CT molecular complexity index is 480. The van der Waals surface area contributed by atoms with E-state index in [-0.39, 0.29) is 12.2 Å². The van der Waals surface area contributed by atoms with Crippen LogP contribution in [0.4, 0.5) is 0 Å². The van der Waals surface area contributed by atoms with Crippen LogP contribution in [0.3, 0.4) is 0 Å². The van der Waals surface area contributed by atoms with Crippen LogP contribution in [0.1, 0.15) is 65.7 Å². The minimum Gasteiger partial charge on any atom is -0.392 e. The van der Waals surface area contributed by atoms with Gasteiger partial charge >= 0.3 is 0 Å². The SMILES string of the molecule is C=C1CC[C@@H]2O[C@@]2(C)CC[C@H]2[C@H]1C[C@]2(C)CC/C=C(\C)CO. The molecule has 0 unspecified atom stereocenters. The molecule has 0 radical (unpaired) electrons. The van der Waals surface area contributed by atoms with Gasteiger partial charge in [-0.15, -0.1) is 0 Å². The average molecular weight is 304 g/mol. The van der Waals surface area contributed by atoms with Gasteiger partial charge in [0.25, 0.3) is 0 Å². The molecule has 3 aliphatic rings. The molecule has 1 heterocycles. The molecule has 1 saturated heterocycles. The number of allylic oxidation sites excluding steroid dienone is 2. The summed E-state index contributed by atoms with van der Waals surface area (Å²) in [5.74, 6) is 1.52. The lowest BCUT2D eigenvalue weighted by atomic mass is 9.50. The zero-order valence-electron chi connectivity index (χ0n) is 14.5. The second-order valence-electron chi connectivity index (χ2n) is 8.47. The van der Waals surface area contributed by atoms with Crippen molar-refractivity contribution in [1.82, 2.24) is 0 Å². The highest BCUT2D eigenvalue weighted by Gasteiger charge is 2.56. The number of hydrogen-bond donors (Lipinski definition) is 1. The number of hydrogen-bond acceptors (Lipinski definition) is 2. The highest BCUT2D eigenvalue weighted by molar-refractivity contribution is 5.17. The molecule has 1 aliphatic heterocycles. The van der Waals surface area contributed by atoms with E-state index in [1.54, 1.807) is 0 Å². The summed E-state index contributed by atoms with van der Waals surface area (Å²) in [6.45, 7) is 11.4. The molecular formula is C20H32O2. The lowest BCUT2D eigenvalue weighted by Crippen LogP contribution is -2.46. The lowest BCUT2D eigenvalue weighted by molar-refractivity contribution is -0.0254. The minimum absolute atomic E-state index is 0.166. The predicted octanol–water partition coefficient (Wildman–Crippen LogP) is 4.64. The van der Waals surface area contributed by atoms with Gasteiger partial charge in [-0.1, -0.05) is 30.7 Å². The lowest BCUT2D eigenvalue weighted by Gasteiger charge is -2.55. The fraction of sp³-hybridized carbons (Fsp3) is 0.800. The first-order valence-electron chi connectivity index (χ1n) is 9.00. The van der Waals surface area contributed by atoms with Crippen molar-refractivity contribution in [3.63, 3.8) is 0 Å². The largest absolute Gasteiger partial charge is 0.392 e. The molecular weight excluding hydrogens is 272 g/mol. The van der Waals surface area contributed by atoms with Gasteiger partial charge in [0.1, 0.15) is 0 Å². The van der Waals surface area contributed by atoms with Crippen molar-refractivity contribution in [1.29, 1.82) is 0 Å². The summed E-state index contributed by atoms with van der Waals surface area (Å²) in [5.41, 5.74) is 3.19. The van der Waals surface area contributed by atoms with E-state index in [4.69, 9.17) is 9.84 Å². The van der Waals surface area contributed by atoms with E-state index < -0.39 is 0 Å². The Morgan fingerprint density at radius 2 is 2.18 bits per heavy atom. The first-order valence-corrected chi connectivity index (χ1v) is 9.00. The maximum atomic E-state index is 9.13. The third-order valence-electron chi connectivity index (χ3n) is 6.76. The van der Waals surface area contributed by atoms with Gasteiger partial charge < -0.3 is 9.84 Å². The van der Waals surface area contributed by atoms with Gasteiger partial charge in [0, 0.05) is 0 Å². The fourth-order valence-corrected chi connectivity index (χ4v) is 4.92. The topological polar surface area (TPSA) is 32.8 Å². The number of aliphatic hydroxyl groups excluding tert-OH is 1. The number of aliphatic hydroxyl groups is 1. The van der Waals surface area contributed by atoms with Gasteiger partial charge in [-0.3, -0.25) is 0 Å². The smallest absolute Gasteiger partial charge is 0.0920 e. The van der Waals surface area contributed by atoms with Crippen LogP contribution in [0.5, 0.6) is 0 Å². The Balaban J connectivity index is 1.64. The van der Waals surface area contributed by atoms with Gasteiger partial charge in [0.15, 0.2) is 0 Å². The zero-order valence-corrected chi connectivity index (χ0v) is 14.5. The molecule has 0 bridgehead atoms. The van der Waals surface area contributed by atoms with Crippen LogP contribution < -0.4 is 0 Å². The third-order valence-corrected chi connectivity index (χ3v) is 6.76. The highest BCUT2D eigenvalue weighted by Crippen LogP contribution is 2.61. The maximum absolute atomic E-state index is 9.13. The van der Waals surface area contributed by atoms with Crippen molar-refractivity contribution in [2.45, 2.75) is 77.4 Å². The van der Waals surface area contributed by atoms with E-state index in [0.717, 1.165) is 30.3 Å². The molecule has 0 amide bonds. The molecule has 5 atom stereocenters. The Labute approximate surface area is 135 Å². The average Bonchev–Trinajstić information content (AvgIpc) is 3.11. The zero-order chi connectivity index (χ0) is 16.0. The van der Waals surface area contributed by atoms with Crippen LogP contribution in [0.15, 0.2) is 23.8 Å². The number of rotatable bonds is 4. The van der Waals surface area contributed by atoms with Crippen molar-refractivity contribution < 1.29 is 9.84 Å². The van der Waals surface area contributed by atoms with Gasteiger partial charge in [0.2, 0.25) is 0 Å². The number of epoxide rings is 1. The van der Waals surface area contributed by atoms with Crippen LogP contribution in [0, 0.1) is 17.3 Å². The summed E-state index contributed by atoms with van der Waals surface area (Å²) in [6, 6.07) is 0. The number of ether oxygens (including phenoxy) is 1. The molecule has 124 valence electrons. The molecule has 0 aromatic carbocycles. The third kappa shape index (κ3) is 2.92. The van der Waals surface area contributed by atoms with Crippen LogP contribution in [-0.2, 0) is 4.74 Å². The monoisotopic (exact) mass is 304 g/mol. The second kappa shape index (κ2) is 5.79. The molecule has 2 aliphatic carbocycles. The molecule has 3 rings (SSSR count). The maximum Gasteiger partial charge on any atom is 0.0920 e. The molecule has 2 saturated carbocycles. The first kappa shape index (κ1) is 16.3. The van der Waals surface area contributed by atoms with E-state index in [0.29, 0.717) is 11.5 Å². The van der Waals surface area contributed by atoms with Gasteiger partial charge in [-0.25, -0.2) is 0 Å². The van der Waals surface area contributed by atoms with E-state index in [1.165, 1.54) is 37.7 Å². The summed E-state index contributed by atoms with van der Waals surface area (Å²) < 4.78 is 5.95. The van der Waals surface area contributed by atoms with Gasteiger partial charge in [0.05, 0.1) is 18.3 Å². The van der Waals surface area contributed by atoms with Crippen molar-refractivity contribution in [2.24, 2.45) is 17.3 Å². The summed E-state index contributed by atoms with van der Waals surface area (Å²) >= 11 is 0. The Morgan fingerprint density at radius 1 is 1.41 bits per heavy atom. The Morgan fingerprint density at radius 3 is 2.91 bits per heavy atom. The first-order chi connectivity index (χ1) is 10.4. The summed E-state index contributed by atoms with van der Waals surface area (Å²) in [7, 11) is 0. The van der Waals surface area contributed by atoms with Gasteiger partial charge in [-0.2, -0.15) is 0 Å². The molecule has 1 N–H and O–H groups in total. The molecule has 2 nitrogen and oxygen atoms in total. The predicted molar refractivity (Wildman–Crippen MR) is 90.7 cm³/mol. The van der Waals surface area contributed by atoms with E-state index in [2.05, 4.69) is 26.5 Å². The molecule has 22 heavy (non-hydrogen) atoms. The van der Waals surface area contributed by atoms with Crippen molar-refractivity contribution in [3.05, 3.63) is 23.8 Å². The molecule has 0 spiro atoms. The second-order valence-corrected chi connectivity index (χ2v) is 8.47. The minimum atomic E-state index is 0.166. The van der Waals surface area contributed by atoms with Crippen molar-refractivity contribution >= 4 is 0 Å². The molecule has 3 fully saturated rings. The van der Waals surface area contributed by atoms with Gasteiger partial charge in [-0.05, 0) is 76.0 Å². The van der Waals surface area contributed by atoms with E-state index >= 15 is 0 Å². The van der Waals surface area contributed by atoms with Crippen LogP contribution in [0.2, 0.25) is 0 Å². The summed E-state index contributed by atoms with van der Waals surface area (Å²) in [6.07, 6.45) is 11.2. The van der Waals surface area contributed by atoms with Crippen LogP contribution in [0.25, 0.3) is 0 Å². The fourth-order valence-electron chi connectivity index (χ4n) is 4.92. The van der Waals surface area contributed by atoms with Crippen LogP contribution in [-0.4, -0.2) is 23.4 Å². The Hall–Kier alpha value is -0.600. The summed E-state index contributed by atoms with van der Waals surface area (Å²) in [5, 5.41) is 9.13. The van der Waals surface area contributed by atoms with Crippen LogP contribution >= 0.6 is 0 Å². The molecule has 2 heteroatoms. The molecule has 0 aromatic heterocycles. The Kier molecular flexibility index (Phi) is 4.28. The molecule has 0 aromatic rings.